The van der Waals surface area contributed by atoms with Gasteiger partial charge in [-0.25, -0.2) is 0 Å². The smallest absolute Gasteiger partial charge is 0.122 e. The second-order valence-electron chi connectivity index (χ2n) is 5.77. The molecular weight excluding hydrogens is 236 g/mol. The van der Waals surface area contributed by atoms with Crippen molar-refractivity contribution in [3.63, 3.8) is 0 Å². The highest BCUT2D eigenvalue weighted by Gasteiger charge is 2.15. The minimum absolute atomic E-state index is 0.129. The Morgan fingerprint density at radius 1 is 1.16 bits per heavy atom. The Morgan fingerprint density at radius 3 is 2.42 bits per heavy atom. The van der Waals surface area contributed by atoms with Crippen molar-refractivity contribution in [2.24, 2.45) is 0 Å². The first-order valence-corrected chi connectivity index (χ1v) is 6.94. The molecule has 1 aromatic rings. The number of benzene rings is 1. The molecule has 2 N–H and O–H groups in total. The minimum atomic E-state index is 0.129. The van der Waals surface area contributed by atoms with Crippen LogP contribution in [-0.4, -0.2) is 32.8 Å². The van der Waals surface area contributed by atoms with Crippen LogP contribution in [0.4, 0.5) is 0 Å². The van der Waals surface area contributed by atoms with Crippen LogP contribution in [0.3, 0.4) is 0 Å². The Morgan fingerprint density at radius 2 is 1.84 bits per heavy atom. The Labute approximate surface area is 117 Å². The van der Waals surface area contributed by atoms with E-state index in [2.05, 4.69) is 50.5 Å². The molecule has 0 fully saturated rings. The molecule has 0 spiro atoms. The highest BCUT2D eigenvalue weighted by molar-refractivity contribution is 5.43. The number of rotatable bonds is 7. The lowest BCUT2D eigenvalue weighted by Crippen LogP contribution is -2.47. The highest BCUT2D eigenvalue weighted by Crippen LogP contribution is 2.24. The zero-order chi connectivity index (χ0) is 14.5. The lowest BCUT2D eigenvalue weighted by atomic mass is 9.99. The van der Waals surface area contributed by atoms with E-state index in [1.54, 1.807) is 7.11 Å². The largest absolute Gasteiger partial charge is 0.496 e. The number of nitrogens with one attached hydrogen (secondary N) is 2. The average Bonchev–Trinajstić information content (AvgIpc) is 2.34. The van der Waals surface area contributed by atoms with Crippen molar-refractivity contribution < 1.29 is 4.74 Å². The molecule has 0 unspecified atom stereocenters. The Bertz CT molecular complexity index is 413. The van der Waals surface area contributed by atoms with Crippen molar-refractivity contribution in [3.8, 4) is 5.75 Å². The van der Waals surface area contributed by atoms with E-state index in [4.69, 9.17) is 4.74 Å². The van der Waals surface area contributed by atoms with Crippen molar-refractivity contribution in [2.75, 3.05) is 27.2 Å². The highest BCUT2D eigenvalue weighted by atomic mass is 16.5. The Balaban J connectivity index is 2.62. The molecule has 0 atom stereocenters. The van der Waals surface area contributed by atoms with Gasteiger partial charge in [-0.2, -0.15) is 0 Å². The lowest BCUT2D eigenvalue weighted by molar-refractivity contribution is 0.378. The number of ether oxygens (including phenoxy) is 1. The molecule has 0 aromatic heterocycles. The van der Waals surface area contributed by atoms with E-state index in [0.29, 0.717) is 0 Å². The molecule has 0 aliphatic carbocycles. The maximum atomic E-state index is 5.35. The summed E-state index contributed by atoms with van der Waals surface area (Å²) in [5.41, 5.74) is 4.11. The lowest BCUT2D eigenvalue weighted by Gasteiger charge is -2.26. The molecular formula is C16H28N2O. The van der Waals surface area contributed by atoms with Crippen molar-refractivity contribution in [3.05, 3.63) is 28.8 Å². The van der Waals surface area contributed by atoms with E-state index in [1.807, 2.05) is 7.05 Å². The quantitative estimate of drug-likeness (QED) is 0.793. The van der Waals surface area contributed by atoms with Crippen molar-refractivity contribution >= 4 is 0 Å². The molecule has 0 heterocycles. The summed E-state index contributed by atoms with van der Waals surface area (Å²) in [6.07, 6.45) is 1.05. The van der Waals surface area contributed by atoms with Crippen LogP contribution in [0.5, 0.6) is 5.75 Å². The van der Waals surface area contributed by atoms with Gasteiger partial charge in [-0.15, -0.1) is 0 Å². The summed E-state index contributed by atoms with van der Waals surface area (Å²) >= 11 is 0. The summed E-state index contributed by atoms with van der Waals surface area (Å²) < 4.78 is 5.35. The number of hydrogen-bond donors (Lipinski definition) is 2. The Hall–Kier alpha value is -1.06. The number of likely N-dealkylation sites (N-methyl/N-ethyl adjacent to an activating group) is 1. The molecule has 0 saturated heterocycles. The molecule has 0 aliphatic heterocycles. The second-order valence-corrected chi connectivity index (χ2v) is 5.77. The third kappa shape index (κ3) is 4.51. The zero-order valence-electron chi connectivity index (χ0n) is 13.2. The van der Waals surface area contributed by atoms with Crippen LogP contribution in [-0.2, 0) is 6.42 Å². The molecule has 3 nitrogen and oxygen atoms in total. The van der Waals surface area contributed by atoms with Gasteiger partial charge in [0.15, 0.2) is 0 Å². The molecule has 3 heteroatoms. The van der Waals surface area contributed by atoms with E-state index in [9.17, 15) is 0 Å². The van der Waals surface area contributed by atoms with Crippen LogP contribution < -0.4 is 15.4 Å². The summed E-state index contributed by atoms with van der Waals surface area (Å²) in [5.74, 6) is 0.977. The summed E-state index contributed by atoms with van der Waals surface area (Å²) in [5, 5.41) is 6.80. The van der Waals surface area contributed by atoms with Gasteiger partial charge in [-0.1, -0.05) is 6.07 Å². The standard InChI is InChI=1S/C16H28N2O/c1-12-13(2)15(19-6)8-7-14(12)9-10-18-16(3,4)11-17-5/h7-8,17-18H,9-11H2,1-6H3. The second kappa shape index (κ2) is 6.92. The average molecular weight is 264 g/mol. The summed E-state index contributed by atoms with van der Waals surface area (Å²) in [4.78, 5) is 0. The summed E-state index contributed by atoms with van der Waals surface area (Å²) in [7, 11) is 3.71. The maximum absolute atomic E-state index is 5.35. The molecule has 1 aromatic carbocycles. The van der Waals surface area contributed by atoms with Gasteiger partial charge in [-0.3, -0.25) is 0 Å². The molecule has 0 aliphatic rings. The zero-order valence-corrected chi connectivity index (χ0v) is 13.2. The normalized spacial score (nSPS) is 11.7. The predicted octanol–water partition coefficient (Wildman–Crippen LogP) is 2.44. The van der Waals surface area contributed by atoms with Crippen LogP contribution in [0.2, 0.25) is 0 Å². The fourth-order valence-electron chi connectivity index (χ4n) is 2.38. The predicted molar refractivity (Wildman–Crippen MR) is 82.2 cm³/mol. The van der Waals surface area contributed by atoms with Crippen LogP contribution in [0.1, 0.15) is 30.5 Å². The molecule has 0 radical (unpaired) electrons. The first-order chi connectivity index (χ1) is 8.91. The number of hydrogen-bond acceptors (Lipinski definition) is 3. The van der Waals surface area contributed by atoms with Gasteiger partial charge in [0.05, 0.1) is 7.11 Å². The molecule has 108 valence electrons. The fourth-order valence-corrected chi connectivity index (χ4v) is 2.38. The molecule has 0 amide bonds. The third-order valence-electron chi connectivity index (χ3n) is 3.69. The molecule has 1 rings (SSSR count). The van der Waals surface area contributed by atoms with Crippen molar-refractivity contribution in [1.29, 1.82) is 0 Å². The van der Waals surface area contributed by atoms with E-state index in [1.165, 1.54) is 16.7 Å². The van der Waals surface area contributed by atoms with Crippen molar-refractivity contribution in [1.82, 2.24) is 10.6 Å². The molecule has 0 bridgehead atoms. The van der Waals surface area contributed by atoms with E-state index in [0.717, 1.165) is 25.3 Å². The number of methoxy groups -OCH3 is 1. The molecule has 19 heavy (non-hydrogen) atoms. The first kappa shape index (κ1) is 16.0. The monoisotopic (exact) mass is 264 g/mol. The van der Waals surface area contributed by atoms with Gasteiger partial charge in [-0.05, 0) is 70.5 Å². The topological polar surface area (TPSA) is 33.3 Å². The molecule has 0 saturated carbocycles. The van der Waals surface area contributed by atoms with Gasteiger partial charge < -0.3 is 15.4 Å². The SMILES string of the molecule is CNCC(C)(C)NCCc1ccc(OC)c(C)c1C. The first-order valence-electron chi connectivity index (χ1n) is 6.94. The van der Waals surface area contributed by atoms with Crippen LogP contribution in [0.25, 0.3) is 0 Å². The third-order valence-corrected chi connectivity index (χ3v) is 3.69. The fraction of sp³-hybridized carbons (Fsp3) is 0.625. The van der Waals surface area contributed by atoms with Gasteiger partial charge in [0.2, 0.25) is 0 Å². The van der Waals surface area contributed by atoms with Crippen LogP contribution in [0, 0.1) is 13.8 Å². The summed E-state index contributed by atoms with van der Waals surface area (Å²) in [6, 6.07) is 4.24. The van der Waals surface area contributed by atoms with Crippen LogP contribution >= 0.6 is 0 Å². The van der Waals surface area contributed by atoms with Gasteiger partial charge in [0.1, 0.15) is 5.75 Å². The summed E-state index contributed by atoms with van der Waals surface area (Å²) in [6.45, 7) is 10.7. The van der Waals surface area contributed by atoms with Crippen molar-refractivity contribution in [2.45, 2.75) is 39.7 Å². The maximum Gasteiger partial charge on any atom is 0.122 e. The van der Waals surface area contributed by atoms with Crippen LogP contribution in [0.15, 0.2) is 12.1 Å². The van der Waals surface area contributed by atoms with Gasteiger partial charge in [0, 0.05) is 12.1 Å². The van der Waals surface area contributed by atoms with Gasteiger partial charge in [0.25, 0.3) is 0 Å². The Kier molecular flexibility index (Phi) is 5.83. The van der Waals surface area contributed by atoms with E-state index in [-0.39, 0.29) is 5.54 Å². The minimum Gasteiger partial charge on any atom is -0.496 e. The van der Waals surface area contributed by atoms with E-state index < -0.39 is 0 Å². The van der Waals surface area contributed by atoms with Gasteiger partial charge >= 0.3 is 0 Å². The van der Waals surface area contributed by atoms with E-state index >= 15 is 0 Å².